The lowest BCUT2D eigenvalue weighted by Gasteiger charge is -2.13. The fraction of sp³-hybridized carbons (Fsp3) is 0.273. The number of thiazole rings is 1. The first-order valence-electron chi connectivity index (χ1n) is 9.21. The number of benzene rings is 2. The molecule has 0 atom stereocenters. The number of carbonyl (C=O) groups is 1. The highest BCUT2D eigenvalue weighted by atomic mass is 32.1. The summed E-state index contributed by atoms with van der Waals surface area (Å²) >= 11 is 1.65. The minimum Gasteiger partial charge on any atom is -0.339 e. The van der Waals surface area contributed by atoms with Crippen LogP contribution >= 0.6 is 11.3 Å². The summed E-state index contributed by atoms with van der Waals surface area (Å²) in [6, 6.07) is 12.6. The highest BCUT2D eigenvalue weighted by Crippen LogP contribution is 2.33. The van der Waals surface area contributed by atoms with Crippen LogP contribution in [0.5, 0.6) is 0 Å². The molecular weight excluding hydrogens is 354 g/mol. The number of amides is 1. The van der Waals surface area contributed by atoms with Crippen molar-refractivity contribution in [2.45, 2.75) is 39.8 Å². The molecule has 2 heterocycles. The molecule has 27 heavy (non-hydrogen) atoms. The SMILES string of the molecule is Cc1ccc(CCC(=O)Nc2cccc3c2CN(c2nccs2)C3)c(C)c1. The van der Waals surface area contributed by atoms with Gasteiger partial charge in [-0.05, 0) is 43.0 Å². The van der Waals surface area contributed by atoms with Gasteiger partial charge in [0.2, 0.25) is 5.91 Å². The van der Waals surface area contributed by atoms with Crippen LogP contribution in [-0.4, -0.2) is 10.9 Å². The molecule has 0 unspecified atom stereocenters. The molecule has 0 spiro atoms. The highest BCUT2D eigenvalue weighted by Gasteiger charge is 2.23. The number of hydrogen-bond acceptors (Lipinski definition) is 4. The molecule has 0 saturated carbocycles. The Morgan fingerprint density at radius 2 is 2.11 bits per heavy atom. The van der Waals surface area contributed by atoms with Gasteiger partial charge in [-0.25, -0.2) is 4.98 Å². The summed E-state index contributed by atoms with van der Waals surface area (Å²) in [4.78, 5) is 19.2. The Morgan fingerprint density at radius 1 is 1.22 bits per heavy atom. The van der Waals surface area contributed by atoms with Crippen molar-refractivity contribution in [3.63, 3.8) is 0 Å². The zero-order valence-corrected chi connectivity index (χ0v) is 16.5. The van der Waals surface area contributed by atoms with Crippen molar-refractivity contribution in [3.05, 3.63) is 75.8 Å². The van der Waals surface area contributed by atoms with Gasteiger partial charge >= 0.3 is 0 Å². The van der Waals surface area contributed by atoms with Gasteiger partial charge in [0.25, 0.3) is 0 Å². The van der Waals surface area contributed by atoms with E-state index in [1.54, 1.807) is 11.3 Å². The average Bonchev–Trinajstić information content (AvgIpc) is 3.31. The van der Waals surface area contributed by atoms with Gasteiger partial charge in [0.05, 0.1) is 0 Å². The van der Waals surface area contributed by atoms with E-state index in [0.717, 1.165) is 30.3 Å². The van der Waals surface area contributed by atoms with Crippen molar-refractivity contribution in [1.29, 1.82) is 0 Å². The molecule has 1 aliphatic heterocycles. The number of nitrogens with one attached hydrogen (secondary N) is 1. The summed E-state index contributed by atoms with van der Waals surface area (Å²) in [7, 11) is 0. The molecule has 0 saturated heterocycles. The minimum atomic E-state index is 0.0658. The third-order valence-electron chi connectivity index (χ3n) is 5.07. The van der Waals surface area contributed by atoms with Crippen LogP contribution < -0.4 is 10.2 Å². The minimum absolute atomic E-state index is 0.0658. The first-order chi connectivity index (χ1) is 13.1. The monoisotopic (exact) mass is 377 g/mol. The Bertz CT molecular complexity index is 966. The molecule has 1 N–H and O–H groups in total. The molecule has 1 aliphatic rings. The van der Waals surface area contributed by atoms with Crippen LogP contribution in [0.2, 0.25) is 0 Å². The number of anilines is 2. The van der Waals surface area contributed by atoms with Crippen LogP contribution in [0.3, 0.4) is 0 Å². The first-order valence-corrected chi connectivity index (χ1v) is 10.1. The highest BCUT2D eigenvalue weighted by molar-refractivity contribution is 7.13. The molecular formula is C22H23N3OS. The van der Waals surface area contributed by atoms with Gasteiger partial charge in [0, 0.05) is 42.3 Å². The maximum absolute atomic E-state index is 12.5. The summed E-state index contributed by atoms with van der Waals surface area (Å²) in [5, 5.41) is 6.15. The van der Waals surface area contributed by atoms with Crippen LogP contribution in [0, 0.1) is 13.8 Å². The van der Waals surface area contributed by atoms with Gasteiger partial charge in [0.1, 0.15) is 0 Å². The number of nitrogens with zero attached hydrogens (tertiary/aromatic N) is 2. The molecule has 0 radical (unpaired) electrons. The van der Waals surface area contributed by atoms with E-state index in [9.17, 15) is 4.79 Å². The van der Waals surface area contributed by atoms with Gasteiger partial charge in [-0.15, -0.1) is 11.3 Å². The molecule has 4 nitrogen and oxygen atoms in total. The summed E-state index contributed by atoms with van der Waals surface area (Å²) < 4.78 is 0. The van der Waals surface area contributed by atoms with Crippen molar-refractivity contribution in [3.8, 4) is 0 Å². The van der Waals surface area contributed by atoms with Gasteiger partial charge in [-0.1, -0.05) is 35.9 Å². The standard InChI is InChI=1S/C22H23N3OS/c1-15-6-7-17(16(2)12-15)8-9-21(26)24-20-5-3-4-18-13-25(14-19(18)20)22-23-10-11-27-22/h3-7,10-12H,8-9,13-14H2,1-2H3,(H,24,26). The van der Waals surface area contributed by atoms with E-state index in [1.807, 2.05) is 23.7 Å². The Balaban J connectivity index is 1.42. The molecule has 0 fully saturated rings. The number of hydrogen-bond donors (Lipinski definition) is 1. The maximum atomic E-state index is 12.5. The number of carbonyl (C=O) groups excluding carboxylic acids is 1. The third kappa shape index (κ3) is 3.88. The van der Waals surface area contributed by atoms with Crippen LogP contribution in [-0.2, 0) is 24.3 Å². The van der Waals surface area contributed by atoms with Gasteiger partial charge in [-0.2, -0.15) is 0 Å². The molecule has 3 aromatic rings. The van der Waals surface area contributed by atoms with Crippen LogP contribution in [0.1, 0.15) is 34.2 Å². The fourth-order valence-corrected chi connectivity index (χ4v) is 4.28. The normalized spacial score (nSPS) is 12.9. The molecule has 0 aliphatic carbocycles. The summed E-state index contributed by atoms with van der Waals surface area (Å²) in [5.41, 5.74) is 7.14. The second-order valence-electron chi connectivity index (χ2n) is 7.09. The quantitative estimate of drug-likeness (QED) is 0.691. The Kier molecular flexibility index (Phi) is 4.94. The van der Waals surface area contributed by atoms with Gasteiger partial charge in [0.15, 0.2) is 5.13 Å². The fourth-order valence-electron chi connectivity index (χ4n) is 3.63. The number of rotatable bonds is 5. The molecule has 1 amide bonds. The van der Waals surface area contributed by atoms with E-state index in [2.05, 4.69) is 53.3 Å². The third-order valence-corrected chi connectivity index (χ3v) is 5.90. The van der Waals surface area contributed by atoms with Crippen molar-refractivity contribution in [2.75, 3.05) is 10.2 Å². The van der Waals surface area contributed by atoms with Crippen molar-refractivity contribution in [2.24, 2.45) is 0 Å². The summed E-state index contributed by atoms with van der Waals surface area (Å²) in [6.07, 6.45) is 3.08. The molecule has 1 aromatic heterocycles. The zero-order valence-electron chi connectivity index (χ0n) is 15.7. The van der Waals surface area contributed by atoms with Crippen molar-refractivity contribution >= 4 is 28.1 Å². The lowest BCUT2D eigenvalue weighted by Crippen LogP contribution is -2.16. The lowest BCUT2D eigenvalue weighted by atomic mass is 10.0. The second kappa shape index (κ2) is 7.53. The average molecular weight is 378 g/mol. The van der Waals surface area contributed by atoms with E-state index in [-0.39, 0.29) is 5.91 Å². The predicted octanol–water partition coefficient (Wildman–Crippen LogP) is 4.85. The molecule has 4 rings (SSSR count). The predicted molar refractivity (Wildman–Crippen MR) is 111 cm³/mol. The zero-order chi connectivity index (χ0) is 18.8. The molecule has 2 aromatic carbocycles. The number of fused-ring (bicyclic) bond motifs is 1. The second-order valence-corrected chi connectivity index (χ2v) is 7.97. The van der Waals surface area contributed by atoms with Gasteiger partial charge < -0.3 is 10.2 Å². The first kappa shape index (κ1) is 17.7. The largest absolute Gasteiger partial charge is 0.339 e. The van der Waals surface area contributed by atoms with E-state index in [4.69, 9.17) is 0 Å². The molecule has 5 heteroatoms. The summed E-state index contributed by atoms with van der Waals surface area (Å²) in [6.45, 7) is 5.83. The van der Waals surface area contributed by atoms with E-state index in [1.165, 1.54) is 27.8 Å². The van der Waals surface area contributed by atoms with Crippen LogP contribution in [0.25, 0.3) is 0 Å². The van der Waals surface area contributed by atoms with E-state index >= 15 is 0 Å². The Morgan fingerprint density at radius 3 is 2.89 bits per heavy atom. The number of aryl methyl sites for hydroxylation is 3. The van der Waals surface area contributed by atoms with Crippen molar-refractivity contribution < 1.29 is 4.79 Å². The van der Waals surface area contributed by atoms with Gasteiger partial charge in [-0.3, -0.25) is 4.79 Å². The van der Waals surface area contributed by atoms with Crippen LogP contribution in [0.4, 0.5) is 10.8 Å². The van der Waals surface area contributed by atoms with E-state index < -0.39 is 0 Å². The Hall–Kier alpha value is -2.66. The molecule has 138 valence electrons. The summed E-state index contributed by atoms with van der Waals surface area (Å²) in [5.74, 6) is 0.0658. The Labute approximate surface area is 163 Å². The van der Waals surface area contributed by atoms with Crippen molar-refractivity contribution in [1.82, 2.24) is 4.98 Å². The van der Waals surface area contributed by atoms with Crippen LogP contribution in [0.15, 0.2) is 48.0 Å². The lowest BCUT2D eigenvalue weighted by molar-refractivity contribution is -0.116. The number of aromatic nitrogens is 1. The molecule has 0 bridgehead atoms. The topological polar surface area (TPSA) is 45.2 Å². The maximum Gasteiger partial charge on any atom is 0.224 e. The smallest absolute Gasteiger partial charge is 0.224 e. The van der Waals surface area contributed by atoms with E-state index in [0.29, 0.717) is 6.42 Å².